The summed E-state index contributed by atoms with van der Waals surface area (Å²) in [5.41, 5.74) is 3.29. The van der Waals surface area contributed by atoms with Crippen LogP contribution in [0.1, 0.15) is 36.0 Å². The Kier molecular flexibility index (Phi) is 8.63. The molecule has 33 heavy (non-hydrogen) atoms. The van der Waals surface area contributed by atoms with Crippen molar-refractivity contribution in [3.63, 3.8) is 0 Å². The number of carbonyl (C=O) groups is 2. The van der Waals surface area contributed by atoms with E-state index in [1.54, 1.807) is 24.3 Å². The highest BCUT2D eigenvalue weighted by atomic mass is 32.2. The van der Waals surface area contributed by atoms with Crippen LogP contribution in [0.4, 0.5) is 0 Å². The van der Waals surface area contributed by atoms with E-state index in [-0.39, 0.29) is 48.9 Å². The quantitative estimate of drug-likeness (QED) is 0.447. The molecule has 0 aliphatic carbocycles. The van der Waals surface area contributed by atoms with Gasteiger partial charge in [-0.1, -0.05) is 47.5 Å². The molecule has 0 aromatic heterocycles. The van der Waals surface area contributed by atoms with Gasteiger partial charge >= 0.3 is 5.97 Å². The lowest BCUT2D eigenvalue weighted by Gasteiger charge is -2.30. The van der Waals surface area contributed by atoms with Crippen molar-refractivity contribution in [2.45, 2.75) is 44.4 Å². The number of benzene rings is 2. The number of carbonyl (C=O) groups excluding carboxylic acids is 2. The zero-order chi connectivity index (χ0) is 23.8. The molecular weight excluding hydrogens is 440 g/mol. The molecule has 8 heteroatoms. The molecule has 178 valence electrons. The molecule has 1 saturated heterocycles. The van der Waals surface area contributed by atoms with Crippen LogP contribution in [-0.4, -0.2) is 50.8 Å². The maximum absolute atomic E-state index is 12.8. The molecule has 1 fully saturated rings. The van der Waals surface area contributed by atoms with Gasteiger partial charge in [0.25, 0.3) is 0 Å². The van der Waals surface area contributed by atoms with E-state index in [2.05, 4.69) is 5.32 Å². The number of esters is 1. The highest BCUT2D eigenvalue weighted by Gasteiger charge is 2.32. The summed E-state index contributed by atoms with van der Waals surface area (Å²) in [6.45, 7) is 4.87. The summed E-state index contributed by atoms with van der Waals surface area (Å²) in [5.74, 6) is -0.746. The van der Waals surface area contributed by atoms with E-state index in [1.165, 1.54) is 9.87 Å². The third kappa shape index (κ3) is 7.14. The Labute approximate surface area is 196 Å². The fraction of sp³-hybridized carbons (Fsp3) is 0.440. The van der Waals surface area contributed by atoms with Crippen LogP contribution in [0.2, 0.25) is 0 Å². The van der Waals surface area contributed by atoms with Crippen molar-refractivity contribution >= 4 is 21.9 Å². The molecule has 0 atom stereocenters. The van der Waals surface area contributed by atoms with E-state index in [0.717, 1.165) is 11.1 Å². The fourth-order valence-electron chi connectivity index (χ4n) is 3.75. The van der Waals surface area contributed by atoms with E-state index in [0.29, 0.717) is 25.7 Å². The third-order valence-corrected chi connectivity index (χ3v) is 7.79. The summed E-state index contributed by atoms with van der Waals surface area (Å²) < 4.78 is 32.3. The molecule has 3 rings (SSSR count). The molecule has 1 aliphatic rings. The van der Waals surface area contributed by atoms with Crippen molar-refractivity contribution in [3.05, 3.63) is 65.2 Å². The fourth-order valence-corrected chi connectivity index (χ4v) is 5.22. The summed E-state index contributed by atoms with van der Waals surface area (Å²) in [5, 5.41) is 2.77. The smallest absolute Gasteiger partial charge is 0.309 e. The van der Waals surface area contributed by atoms with E-state index in [9.17, 15) is 18.0 Å². The van der Waals surface area contributed by atoms with Gasteiger partial charge in [-0.2, -0.15) is 4.31 Å². The highest BCUT2D eigenvalue weighted by molar-refractivity contribution is 7.89. The number of hydrogen-bond donors (Lipinski definition) is 1. The molecule has 0 saturated carbocycles. The Balaban J connectivity index is 1.34. The summed E-state index contributed by atoms with van der Waals surface area (Å²) in [6.07, 6.45) is 1.89. The molecule has 1 N–H and O–H groups in total. The number of aryl methyl sites for hydroxylation is 3. The van der Waals surface area contributed by atoms with Gasteiger partial charge in [0.05, 0.1) is 17.4 Å². The first kappa shape index (κ1) is 24.9. The average molecular weight is 473 g/mol. The predicted octanol–water partition coefficient (Wildman–Crippen LogP) is 3.00. The van der Waals surface area contributed by atoms with Gasteiger partial charge in [-0.25, -0.2) is 8.42 Å². The van der Waals surface area contributed by atoms with Gasteiger partial charge in [-0.3, -0.25) is 9.59 Å². The first-order chi connectivity index (χ1) is 15.8. The maximum Gasteiger partial charge on any atom is 0.309 e. The van der Waals surface area contributed by atoms with Gasteiger partial charge in [-0.05, 0) is 50.8 Å². The minimum Gasteiger partial charge on any atom is -0.464 e. The Morgan fingerprint density at radius 2 is 1.55 bits per heavy atom. The number of amides is 1. The highest BCUT2D eigenvalue weighted by Crippen LogP contribution is 2.24. The standard InChI is InChI=1S/C25H32N2O5S/c1-19-3-7-21(8-4-19)9-12-24(28)26-15-18-32-25(29)22-13-16-27(17-14-22)33(30,31)23-10-5-20(2)6-11-23/h3-8,10-11,22H,9,12-18H2,1-2H3,(H,26,28). The number of ether oxygens (including phenoxy) is 1. The Bertz CT molecular complexity index is 1040. The molecule has 0 bridgehead atoms. The van der Waals surface area contributed by atoms with Crippen LogP contribution >= 0.6 is 0 Å². The van der Waals surface area contributed by atoms with E-state index >= 15 is 0 Å². The lowest BCUT2D eigenvalue weighted by Crippen LogP contribution is -2.40. The average Bonchev–Trinajstić information content (AvgIpc) is 2.81. The van der Waals surface area contributed by atoms with Crippen molar-refractivity contribution in [2.24, 2.45) is 5.92 Å². The second-order valence-electron chi connectivity index (χ2n) is 8.49. The second kappa shape index (κ2) is 11.4. The SMILES string of the molecule is Cc1ccc(CCC(=O)NCCOC(=O)C2CCN(S(=O)(=O)c3ccc(C)cc3)CC2)cc1. The van der Waals surface area contributed by atoms with Crippen LogP contribution in [0.15, 0.2) is 53.4 Å². The van der Waals surface area contributed by atoms with Crippen LogP contribution in [0.3, 0.4) is 0 Å². The van der Waals surface area contributed by atoms with Crippen LogP contribution in [0.25, 0.3) is 0 Å². The number of hydrogen-bond acceptors (Lipinski definition) is 5. The summed E-state index contributed by atoms with van der Waals surface area (Å²) in [4.78, 5) is 24.6. The largest absolute Gasteiger partial charge is 0.464 e. The maximum atomic E-state index is 12.8. The van der Waals surface area contributed by atoms with Gasteiger partial charge in [0.1, 0.15) is 6.61 Å². The third-order valence-electron chi connectivity index (χ3n) is 5.88. The van der Waals surface area contributed by atoms with Crippen LogP contribution in [0.5, 0.6) is 0 Å². The van der Waals surface area contributed by atoms with Crippen molar-refractivity contribution in [2.75, 3.05) is 26.2 Å². The molecule has 1 amide bonds. The normalized spacial score (nSPS) is 15.2. The minimum atomic E-state index is -3.55. The van der Waals surface area contributed by atoms with Gasteiger partial charge in [0, 0.05) is 19.5 Å². The van der Waals surface area contributed by atoms with Gasteiger partial charge in [-0.15, -0.1) is 0 Å². The zero-order valence-electron chi connectivity index (χ0n) is 19.2. The molecule has 0 unspecified atom stereocenters. The molecule has 0 radical (unpaired) electrons. The molecule has 0 spiro atoms. The molecule has 1 heterocycles. The lowest BCUT2D eigenvalue weighted by atomic mass is 9.98. The Hall–Kier alpha value is -2.71. The zero-order valence-corrected chi connectivity index (χ0v) is 20.1. The number of nitrogens with zero attached hydrogens (tertiary/aromatic N) is 1. The first-order valence-corrected chi connectivity index (χ1v) is 12.8. The summed E-state index contributed by atoms with van der Waals surface area (Å²) in [6, 6.07) is 14.9. The monoisotopic (exact) mass is 472 g/mol. The van der Waals surface area contributed by atoms with Crippen molar-refractivity contribution in [3.8, 4) is 0 Å². The molecule has 7 nitrogen and oxygen atoms in total. The van der Waals surface area contributed by atoms with Crippen LogP contribution in [-0.2, 0) is 30.8 Å². The van der Waals surface area contributed by atoms with Crippen molar-refractivity contribution in [1.29, 1.82) is 0 Å². The summed E-state index contributed by atoms with van der Waals surface area (Å²) >= 11 is 0. The topological polar surface area (TPSA) is 92.8 Å². The van der Waals surface area contributed by atoms with Crippen LogP contribution < -0.4 is 5.32 Å². The Morgan fingerprint density at radius 1 is 0.970 bits per heavy atom. The second-order valence-corrected chi connectivity index (χ2v) is 10.4. The molecular formula is C25H32N2O5S. The predicted molar refractivity (Wildman–Crippen MR) is 126 cm³/mol. The number of nitrogens with one attached hydrogen (secondary N) is 1. The first-order valence-electron chi connectivity index (χ1n) is 11.3. The van der Waals surface area contributed by atoms with Gasteiger partial charge < -0.3 is 10.1 Å². The summed E-state index contributed by atoms with van der Waals surface area (Å²) in [7, 11) is -3.55. The van der Waals surface area contributed by atoms with E-state index in [1.807, 2.05) is 38.1 Å². The molecule has 2 aromatic rings. The van der Waals surface area contributed by atoms with Crippen LogP contribution in [0, 0.1) is 19.8 Å². The van der Waals surface area contributed by atoms with E-state index < -0.39 is 10.0 Å². The number of rotatable bonds is 9. The van der Waals surface area contributed by atoms with Gasteiger partial charge in [0.2, 0.25) is 15.9 Å². The Morgan fingerprint density at radius 3 is 2.15 bits per heavy atom. The lowest BCUT2D eigenvalue weighted by molar-refractivity contribution is -0.150. The molecule has 1 aliphatic heterocycles. The minimum absolute atomic E-state index is 0.0822. The van der Waals surface area contributed by atoms with E-state index in [4.69, 9.17) is 4.74 Å². The van der Waals surface area contributed by atoms with Crippen molar-refractivity contribution < 1.29 is 22.7 Å². The number of sulfonamides is 1. The van der Waals surface area contributed by atoms with Gasteiger partial charge in [0.15, 0.2) is 0 Å². The molecule has 2 aromatic carbocycles. The van der Waals surface area contributed by atoms with Crippen molar-refractivity contribution in [1.82, 2.24) is 9.62 Å². The number of piperidine rings is 1.